The molecule has 1 rings (SSSR count). The lowest BCUT2D eigenvalue weighted by Gasteiger charge is -2.17. The molecule has 0 bridgehead atoms. The van der Waals surface area contributed by atoms with Crippen molar-refractivity contribution in [2.24, 2.45) is 0 Å². The van der Waals surface area contributed by atoms with Crippen LogP contribution in [0.3, 0.4) is 0 Å². The molecular weight excluding hydrogens is 200 g/mol. The number of nitrogen functional groups attached to an aromatic ring is 1. The molecule has 16 heavy (non-hydrogen) atoms. The van der Waals surface area contributed by atoms with Crippen LogP contribution in [0.2, 0.25) is 0 Å². The molecule has 0 spiro atoms. The highest BCUT2D eigenvalue weighted by atomic mass is 15.1. The SMILES string of the molecule is CCN(CC)CCc1nc(C)c(C)c(N)n1. The van der Waals surface area contributed by atoms with E-state index < -0.39 is 0 Å². The van der Waals surface area contributed by atoms with Crippen molar-refractivity contribution in [1.29, 1.82) is 0 Å². The highest BCUT2D eigenvalue weighted by molar-refractivity contribution is 5.40. The van der Waals surface area contributed by atoms with Gasteiger partial charge in [0.05, 0.1) is 0 Å². The first kappa shape index (κ1) is 12.9. The number of likely N-dealkylation sites (N-methyl/N-ethyl adjacent to an activating group) is 1. The molecule has 4 heteroatoms. The van der Waals surface area contributed by atoms with E-state index in [9.17, 15) is 0 Å². The second-order valence-corrected chi connectivity index (χ2v) is 4.01. The second-order valence-electron chi connectivity index (χ2n) is 4.01. The lowest BCUT2D eigenvalue weighted by atomic mass is 10.2. The van der Waals surface area contributed by atoms with Crippen molar-refractivity contribution < 1.29 is 0 Å². The maximum atomic E-state index is 5.83. The summed E-state index contributed by atoms with van der Waals surface area (Å²) in [5.74, 6) is 1.47. The van der Waals surface area contributed by atoms with Crippen LogP contribution in [0.1, 0.15) is 30.9 Å². The largest absolute Gasteiger partial charge is 0.383 e. The fourth-order valence-corrected chi connectivity index (χ4v) is 1.62. The fraction of sp³-hybridized carbons (Fsp3) is 0.667. The summed E-state index contributed by atoms with van der Waals surface area (Å²) in [6.07, 6.45) is 0.868. The molecule has 0 amide bonds. The monoisotopic (exact) mass is 222 g/mol. The number of nitrogens with two attached hydrogens (primary N) is 1. The summed E-state index contributed by atoms with van der Waals surface area (Å²) >= 11 is 0. The Kier molecular flexibility index (Phi) is 4.68. The van der Waals surface area contributed by atoms with Crippen LogP contribution in [0.4, 0.5) is 5.82 Å². The molecule has 2 N–H and O–H groups in total. The van der Waals surface area contributed by atoms with Crippen LogP contribution < -0.4 is 5.73 Å². The van der Waals surface area contributed by atoms with Crippen molar-refractivity contribution in [3.63, 3.8) is 0 Å². The molecule has 0 aliphatic heterocycles. The minimum absolute atomic E-state index is 0.613. The van der Waals surface area contributed by atoms with E-state index in [0.717, 1.165) is 43.1 Å². The maximum Gasteiger partial charge on any atom is 0.132 e. The molecule has 0 radical (unpaired) electrons. The molecule has 0 saturated heterocycles. The van der Waals surface area contributed by atoms with Crippen molar-refractivity contribution in [3.8, 4) is 0 Å². The summed E-state index contributed by atoms with van der Waals surface area (Å²) < 4.78 is 0. The lowest BCUT2D eigenvalue weighted by molar-refractivity contribution is 0.305. The van der Waals surface area contributed by atoms with E-state index in [-0.39, 0.29) is 0 Å². The van der Waals surface area contributed by atoms with Gasteiger partial charge < -0.3 is 10.6 Å². The third-order valence-electron chi connectivity index (χ3n) is 3.02. The van der Waals surface area contributed by atoms with Gasteiger partial charge in [-0.3, -0.25) is 0 Å². The van der Waals surface area contributed by atoms with E-state index in [2.05, 4.69) is 28.7 Å². The number of hydrogen-bond donors (Lipinski definition) is 1. The zero-order valence-electron chi connectivity index (χ0n) is 10.7. The Hall–Kier alpha value is -1.16. The van der Waals surface area contributed by atoms with Gasteiger partial charge >= 0.3 is 0 Å². The Bertz CT molecular complexity index is 322. The number of aromatic nitrogens is 2. The first-order valence-corrected chi connectivity index (χ1v) is 5.90. The Morgan fingerprint density at radius 2 is 1.75 bits per heavy atom. The summed E-state index contributed by atoms with van der Waals surface area (Å²) in [7, 11) is 0. The van der Waals surface area contributed by atoms with Gasteiger partial charge in [0.1, 0.15) is 11.6 Å². The van der Waals surface area contributed by atoms with Crippen LogP contribution in [0, 0.1) is 13.8 Å². The van der Waals surface area contributed by atoms with Crippen LogP contribution in [0.15, 0.2) is 0 Å². The van der Waals surface area contributed by atoms with Gasteiger partial charge in [-0.1, -0.05) is 13.8 Å². The highest BCUT2D eigenvalue weighted by Gasteiger charge is 2.06. The topological polar surface area (TPSA) is 55.0 Å². The van der Waals surface area contributed by atoms with E-state index >= 15 is 0 Å². The molecule has 0 fully saturated rings. The van der Waals surface area contributed by atoms with Crippen molar-refractivity contribution in [2.75, 3.05) is 25.4 Å². The van der Waals surface area contributed by atoms with Gasteiger partial charge in [0.2, 0.25) is 0 Å². The van der Waals surface area contributed by atoms with Crippen molar-refractivity contribution in [2.45, 2.75) is 34.1 Å². The van der Waals surface area contributed by atoms with E-state index in [1.165, 1.54) is 0 Å². The molecule has 4 nitrogen and oxygen atoms in total. The fourth-order valence-electron chi connectivity index (χ4n) is 1.62. The zero-order chi connectivity index (χ0) is 12.1. The number of aryl methyl sites for hydroxylation is 1. The second kappa shape index (κ2) is 5.80. The summed E-state index contributed by atoms with van der Waals surface area (Å²) in [6, 6.07) is 0. The summed E-state index contributed by atoms with van der Waals surface area (Å²) in [5.41, 5.74) is 7.81. The van der Waals surface area contributed by atoms with Gasteiger partial charge in [0.15, 0.2) is 0 Å². The van der Waals surface area contributed by atoms with Gasteiger partial charge in [-0.15, -0.1) is 0 Å². The third kappa shape index (κ3) is 3.17. The standard InChI is InChI=1S/C12H22N4/c1-5-16(6-2)8-7-11-14-10(4)9(3)12(13)15-11/h5-8H2,1-4H3,(H2,13,14,15). The quantitative estimate of drug-likeness (QED) is 0.821. The molecule has 90 valence electrons. The van der Waals surface area contributed by atoms with Gasteiger partial charge in [-0.2, -0.15) is 0 Å². The van der Waals surface area contributed by atoms with Gasteiger partial charge in [0, 0.05) is 24.2 Å². The third-order valence-corrected chi connectivity index (χ3v) is 3.02. The number of rotatable bonds is 5. The van der Waals surface area contributed by atoms with Crippen molar-refractivity contribution in [3.05, 3.63) is 17.1 Å². The molecule has 0 aromatic carbocycles. The predicted octanol–water partition coefficient (Wildman–Crippen LogP) is 1.56. The summed E-state index contributed by atoms with van der Waals surface area (Å²) in [4.78, 5) is 11.1. The van der Waals surface area contributed by atoms with Crippen LogP contribution in [-0.4, -0.2) is 34.5 Å². The van der Waals surface area contributed by atoms with Crippen molar-refractivity contribution >= 4 is 5.82 Å². The highest BCUT2D eigenvalue weighted by Crippen LogP contribution is 2.11. The van der Waals surface area contributed by atoms with E-state index in [0.29, 0.717) is 5.82 Å². The van der Waals surface area contributed by atoms with E-state index in [1.54, 1.807) is 0 Å². The van der Waals surface area contributed by atoms with Crippen LogP contribution >= 0.6 is 0 Å². The molecule has 0 saturated carbocycles. The molecule has 0 unspecified atom stereocenters. The van der Waals surface area contributed by atoms with Crippen LogP contribution in [0.5, 0.6) is 0 Å². The number of anilines is 1. The summed E-state index contributed by atoms with van der Waals surface area (Å²) in [5, 5.41) is 0. The number of nitrogens with zero attached hydrogens (tertiary/aromatic N) is 3. The smallest absolute Gasteiger partial charge is 0.132 e. The Morgan fingerprint density at radius 1 is 1.12 bits per heavy atom. The van der Waals surface area contributed by atoms with Crippen LogP contribution in [-0.2, 0) is 6.42 Å². The molecule has 0 aliphatic carbocycles. The normalized spacial score (nSPS) is 11.1. The molecule has 1 aromatic rings. The van der Waals surface area contributed by atoms with E-state index in [4.69, 9.17) is 5.73 Å². The minimum atomic E-state index is 0.613. The maximum absolute atomic E-state index is 5.83. The first-order chi connectivity index (χ1) is 7.58. The lowest BCUT2D eigenvalue weighted by Crippen LogP contribution is -2.26. The van der Waals surface area contributed by atoms with Gasteiger partial charge in [-0.25, -0.2) is 9.97 Å². The first-order valence-electron chi connectivity index (χ1n) is 5.90. The Labute approximate surface area is 97.9 Å². The summed E-state index contributed by atoms with van der Waals surface area (Å²) in [6.45, 7) is 11.4. The van der Waals surface area contributed by atoms with Crippen LogP contribution in [0.25, 0.3) is 0 Å². The minimum Gasteiger partial charge on any atom is -0.383 e. The Morgan fingerprint density at radius 3 is 2.25 bits per heavy atom. The molecule has 1 aromatic heterocycles. The van der Waals surface area contributed by atoms with Gasteiger partial charge in [-0.05, 0) is 26.9 Å². The number of hydrogen-bond acceptors (Lipinski definition) is 4. The van der Waals surface area contributed by atoms with Gasteiger partial charge in [0.25, 0.3) is 0 Å². The Balaban J connectivity index is 2.68. The zero-order valence-corrected chi connectivity index (χ0v) is 10.7. The molecule has 0 aliphatic rings. The van der Waals surface area contributed by atoms with E-state index in [1.807, 2.05) is 13.8 Å². The average Bonchev–Trinajstić information content (AvgIpc) is 2.27. The average molecular weight is 222 g/mol. The molecule has 0 atom stereocenters. The van der Waals surface area contributed by atoms with Crippen molar-refractivity contribution in [1.82, 2.24) is 14.9 Å². The molecular formula is C12H22N4. The molecule has 1 heterocycles. The predicted molar refractivity (Wildman–Crippen MR) is 67.4 cm³/mol.